The van der Waals surface area contributed by atoms with Gasteiger partial charge >= 0.3 is 0 Å². The van der Waals surface area contributed by atoms with Gasteiger partial charge in [-0.25, -0.2) is 0 Å². The maximum Gasteiger partial charge on any atom is 0.230 e. The molecule has 0 radical (unpaired) electrons. The van der Waals surface area contributed by atoms with Crippen LogP contribution in [0.3, 0.4) is 0 Å². The molecule has 2 heterocycles. The average molecular weight is 553 g/mol. The number of aromatic nitrogens is 3. The third-order valence-electron chi connectivity index (χ3n) is 5.06. The second-order valence-corrected chi connectivity index (χ2v) is 11.9. The first-order valence-electron chi connectivity index (χ1n) is 11.3. The summed E-state index contributed by atoms with van der Waals surface area (Å²) in [6.07, 6.45) is 6.10. The minimum absolute atomic E-state index is 0.0837. The van der Waals surface area contributed by atoms with Gasteiger partial charge in [0.15, 0.2) is 10.3 Å². The molecule has 0 amide bonds. The second-order valence-electron chi connectivity index (χ2n) is 7.65. The van der Waals surface area contributed by atoms with Crippen LogP contribution in [-0.2, 0) is 9.59 Å². The molecule has 0 saturated carbocycles. The molecule has 1 saturated heterocycles. The van der Waals surface area contributed by atoms with E-state index in [-0.39, 0.29) is 10.2 Å². The molecule has 1 aliphatic rings. The first-order valence-corrected chi connectivity index (χ1v) is 14.5. The van der Waals surface area contributed by atoms with Crippen molar-refractivity contribution in [3.63, 3.8) is 0 Å². The number of piperidine rings is 1. The Labute approximate surface area is 227 Å². The normalized spacial score (nSPS) is 13.3. The smallest absolute Gasteiger partial charge is 0.230 e. The second kappa shape index (κ2) is 13.1. The topological polar surface area (TPSA) is 76.1 Å². The van der Waals surface area contributed by atoms with E-state index in [0.717, 1.165) is 69.0 Å². The number of hydrogen-bond donors (Lipinski definition) is 0. The van der Waals surface area contributed by atoms with Crippen molar-refractivity contribution in [3.05, 3.63) is 73.8 Å². The van der Waals surface area contributed by atoms with E-state index in [9.17, 15) is 9.59 Å². The molecule has 0 unspecified atom stereocenters. The average Bonchev–Trinajstić information content (AvgIpc) is 2.91. The Morgan fingerprint density at radius 2 is 1.08 bits per heavy atom. The Morgan fingerprint density at radius 1 is 0.667 bits per heavy atom. The van der Waals surface area contributed by atoms with Crippen LogP contribution in [0, 0.1) is 0 Å². The van der Waals surface area contributed by atoms with Crippen molar-refractivity contribution >= 4 is 63.2 Å². The fraction of sp³-hybridized carbons (Fsp3) is 0.192. The lowest BCUT2D eigenvalue weighted by Crippen LogP contribution is -2.31. The van der Waals surface area contributed by atoms with Gasteiger partial charge in [0.05, 0.1) is 0 Å². The molecule has 4 rings (SSSR count). The standard InChI is InChI=1S/C26H24N4O2S4/c1-3-22(31)33-18-8-12-20(13-9-18)35-25-27-24(30-16-6-5-7-17-30)28-26(29-25)36-21-14-10-19(11-15-21)34-23(32)4-2/h3-4,8-15H,1-2,5-7,16-17H2. The van der Waals surface area contributed by atoms with Gasteiger partial charge in [0.2, 0.25) is 16.2 Å². The molecule has 0 bridgehead atoms. The fourth-order valence-corrected chi connectivity index (χ4v) is 6.05. The molecule has 0 aliphatic carbocycles. The van der Waals surface area contributed by atoms with Gasteiger partial charge in [-0.2, -0.15) is 15.0 Å². The summed E-state index contributed by atoms with van der Waals surface area (Å²) >= 11 is 5.23. The number of thioether (sulfide) groups is 2. The summed E-state index contributed by atoms with van der Waals surface area (Å²) < 4.78 is 0. The van der Waals surface area contributed by atoms with Gasteiger partial charge in [0, 0.05) is 32.7 Å². The molecule has 10 heteroatoms. The third-order valence-corrected chi connectivity index (χ3v) is 8.55. The quantitative estimate of drug-likeness (QED) is 0.210. The molecular formula is C26H24N4O2S4. The number of benzene rings is 2. The molecule has 184 valence electrons. The first kappa shape index (κ1) is 26.5. The number of nitrogens with zero attached hydrogens (tertiary/aromatic N) is 4. The lowest BCUT2D eigenvalue weighted by Gasteiger charge is -2.26. The molecule has 1 aromatic heterocycles. The van der Waals surface area contributed by atoms with Crippen LogP contribution in [0.15, 0.2) is 104 Å². The molecule has 0 N–H and O–H groups in total. The van der Waals surface area contributed by atoms with Gasteiger partial charge in [-0.3, -0.25) is 9.59 Å². The predicted octanol–water partition coefficient (Wildman–Crippen LogP) is 6.77. The van der Waals surface area contributed by atoms with Gasteiger partial charge in [-0.05, 0) is 127 Å². The van der Waals surface area contributed by atoms with Gasteiger partial charge in [-0.15, -0.1) is 0 Å². The van der Waals surface area contributed by atoms with Crippen molar-refractivity contribution in [3.8, 4) is 0 Å². The first-order chi connectivity index (χ1) is 17.5. The van der Waals surface area contributed by atoms with Crippen LogP contribution >= 0.6 is 47.0 Å². The highest BCUT2D eigenvalue weighted by Crippen LogP contribution is 2.33. The zero-order valence-electron chi connectivity index (χ0n) is 19.5. The van der Waals surface area contributed by atoms with Crippen molar-refractivity contribution in [2.75, 3.05) is 18.0 Å². The molecule has 36 heavy (non-hydrogen) atoms. The summed E-state index contributed by atoms with van der Waals surface area (Å²) in [6, 6.07) is 15.5. The molecule has 1 fully saturated rings. The van der Waals surface area contributed by atoms with Crippen LogP contribution in [0.1, 0.15) is 19.3 Å². The highest BCUT2D eigenvalue weighted by molar-refractivity contribution is 8.14. The molecule has 2 aromatic carbocycles. The van der Waals surface area contributed by atoms with Crippen molar-refractivity contribution in [2.24, 2.45) is 0 Å². The highest BCUT2D eigenvalue weighted by Gasteiger charge is 2.17. The van der Waals surface area contributed by atoms with Gasteiger partial charge in [-0.1, -0.05) is 13.2 Å². The van der Waals surface area contributed by atoms with Crippen molar-refractivity contribution in [1.29, 1.82) is 0 Å². The minimum Gasteiger partial charge on any atom is -0.341 e. The maximum atomic E-state index is 11.6. The van der Waals surface area contributed by atoms with E-state index in [1.54, 1.807) is 0 Å². The number of carbonyl (C=O) groups excluding carboxylic acids is 2. The molecule has 1 aliphatic heterocycles. The molecular weight excluding hydrogens is 529 g/mol. The summed E-state index contributed by atoms with van der Waals surface area (Å²) in [5, 5.41) is 1.08. The Morgan fingerprint density at radius 3 is 1.50 bits per heavy atom. The minimum atomic E-state index is -0.0837. The summed E-state index contributed by atoms with van der Waals surface area (Å²) in [6.45, 7) is 8.90. The number of rotatable bonds is 9. The number of hydrogen-bond acceptors (Lipinski definition) is 10. The van der Waals surface area contributed by atoms with Crippen molar-refractivity contribution in [1.82, 2.24) is 15.0 Å². The van der Waals surface area contributed by atoms with Gasteiger partial charge < -0.3 is 4.90 Å². The van der Waals surface area contributed by atoms with Crippen LogP contribution in [0.4, 0.5) is 5.95 Å². The zero-order valence-corrected chi connectivity index (χ0v) is 22.7. The largest absolute Gasteiger partial charge is 0.341 e. The maximum absolute atomic E-state index is 11.6. The number of anilines is 1. The Balaban J connectivity index is 1.54. The third kappa shape index (κ3) is 7.73. The van der Waals surface area contributed by atoms with E-state index in [4.69, 9.17) is 15.0 Å². The zero-order chi connectivity index (χ0) is 25.3. The molecule has 0 spiro atoms. The lowest BCUT2D eigenvalue weighted by atomic mass is 10.1. The van der Waals surface area contributed by atoms with Crippen molar-refractivity contribution < 1.29 is 9.59 Å². The summed E-state index contributed by atoms with van der Waals surface area (Å²) in [4.78, 5) is 43.3. The molecule has 3 aromatic rings. The van der Waals surface area contributed by atoms with E-state index in [1.807, 2.05) is 48.5 Å². The highest BCUT2D eigenvalue weighted by atomic mass is 32.2. The molecule has 0 atom stereocenters. The van der Waals surface area contributed by atoms with Crippen LogP contribution < -0.4 is 4.90 Å². The van der Waals surface area contributed by atoms with E-state index in [2.05, 4.69) is 18.1 Å². The van der Waals surface area contributed by atoms with Crippen molar-refractivity contribution in [2.45, 2.75) is 49.2 Å². The predicted molar refractivity (Wildman–Crippen MR) is 149 cm³/mol. The number of carbonyl (C=O) groups is 2. The lowest BCUT2D eigenvalue weighted by molar-refractivity contribution is -0.107. The fourth-order valence-electron chi connectivity index (χ4n) is 3.33. The van der Waals surface area contributed by atoms with E-state index in [1.165, 1.54) is 42.1 Å². The monoisotopic (exact) mass is 552 g/mol. The van der Waals surface area contributed by atoms with E-state index >= 15 is 0 Å². The molecule has 6 nitrogen and oxygen atoms in total. The van der Waals surface area contributed by atoms with Gasteiger partial charge in [0.25, 0.3) is 0 Å². The van der Waals surface area contributed by atoms with Crippen LogP contribution in [0.25, 0.3) is 0 Å². The summed E-state index contributed by atoms with van der Waals surface area (Å²) in [5.41, 5.74) is 0. The SMILES string of the molecule is C=CC(=O)Sc1ccc(Sc2nc(Sc3ccc(SC(=O)C=C)cc3)nc(N3CCCCC3)n2)cc1. The summed E-state index contributed by atoms with van der Waals surface area (Å²) in [7, 11) is 0. The Hall–Kier alpha value is -2.53. The van der Waals surface area contributed by atoms with Crippen LogP contribution in [-0.4, -0.2) is 38.3 Å². The summed E-state index contributed by atoms with van der Waals surface area (Å²) in [5.74, 6) is 0.696. The Kier molecular flexibility index (Phi) is 9.68. The van der Waals surface area contributed by atoms with Crippen LogP contribution in [0.2, 0.25) is 0 Å². The van der Waals surface area contributed by atoms with Crippen LogP contribution in [0.5, 0.6) is 0 Å². The Bertz CT molecular complexity index is 1160. The van der Waals surface area contributed by atoms with E-state index in [0.29, 0.717) is 16.3 Å². The van der Waals surface area contributed by atoms with Gasteiger partial charge in [0.1, 0.15) is 0 Å². The van der Waals surface area contributed by atoms with E-state index < -0.39 is 0 Å².